The van der Waals surface area contributed by atoms with Gasteiger partial charge in [0, 0.05) is 49.6 Å². The summed E-state index contributed by atoms with van der Waals surface area (Å²) >= 11 is 1.56. The molecule has 9 nitrogen and oxygen atoms in total. The molecule has 1 fully saturated rings. The van der Waals surface area contributed by atoms with Crippen molar-refractivity contribution >= 4 is 44.0 Å². The predicted molar refractivity (Wildman–Crippen MR) is 134 cm³/mol. The van der Waals surface area contributed by atoms with E-state index >= 15 is 0 Å². The van der Waals surface area contributed by atoms with Gasteiger partial charge in [-0.1, -0.05) is 0 Å². The van der Waals surface area contributed by atoms with E-state index in [-0.39, 0.29) is 17.0 Å². The van der Waals surface area contributed by atoms with Crippen LogP contribution in [0.25, 0.3) is 26.8 Å². The van der Waals surface area contributed by atoms with Crippen molar-refractivity contribution in [2.75, 3.05) is 33.4 Å². The maximum absolute atomic E-state index is 12.9. The van der Waals surface area contributed by atoms with Crippen LogP contribution in [-0.4, -0.2) is 69.3 Å². The highest BCUT2D eigenvalue weighted by atomic mass is 32.1. The van der Waals surface area contributed by atoms with E-state index in [0.717, 1.165) is 35.6 Å². The van der Waals surface area contributed by atoms with Crippen molar-refractivity contribution in [1.82, 2.24) is 29.8 Å². The van der Waals surface area contributed by atoms with Gasteiger partial charge in [-0.3, -0.25) is 19.5 Å². The fourth-order valence-corrected chi connectivity index (χ4v) is 5.94. The Balaban J connectivity index is 1.37. The molecule has 1 saturated heterocycles. The smallest absolute Gasteiger partial charge is 0.261 e. The first kappa shape index (κ1) is 22.9. The molecule has 34 heavy (non-hydrogen) atoms. The Labute approximate surface area is 201 Å². The average Bonchev–Trinajstić information content (AvgIpc) is 3.45. The molecule has 10 heteroatoms. The maximum atomic E-state index is 12.9. The molecular formula is C24H30N6O3S. The van der Waals surface area contributed by atoms with Crippen molar-refractivity contribution in [2.24, 2.45) is 0 Å². The second kappa shape index (κ2) is 9.09. The number of amides is 1. The van der Waals surface area contributed by atoms with Crippen LogP contribution in [0.3, 0.4) is 0 Å². The van der Waals surface area contributed by atoms with Gasteiger partial charge in [-0.15, -0.1) is 11.3 Å². The van der Waals surface area contributed by atoms with Gasteiger partial charge in [0.05, 0.1) is 11.1 Å². The number of rotatable bonds is 8. The number of aromatic amines is 1. The third-order valence-electron chi connectivity index (χ3n) is 6.72. The molecule has 0 radical (unpaired) electrons. The number of hydrogen-bond donors (Lipinski definition) is 2. The molecule has 180 valence electrons. The van der Waals surface area contributed by atoms with Crippen LogP contribution < -0.4 is 10.9 Å². The van der Waals surface area contributed by atoms with Crippen molar-refractivity contribution in [1.29, 1.82) is 0 Å². The van der Waals surface area contributed by atoms with E-state index in [1.54, 1.807) is 35.2 Å². The number of carbonyl (C=O) groups excluding carboxylic acids is 1. The number of aromatic nitrogens is 4. The van der Waals surface area contributed by atoms with Crippen LogP contribution in [0.2, 0.25) is 0 Å². The van der Waals surface area contributed by atoms with Gasteiger partial charge in [0.1, 0.15) is 21.3 Å². The lowest BCUT2D eigenvalue weighted by atomic mass is 10.0. The molecule has 1 amide bonds. The van der Waals surface area contributed by atoms with Crippen LogP contribution in [0.4, 0.5) is 0 Å². The van der Waals surface area contributed by atoms with Crippen LogP contribution in [0.5, 0.6) is 0 Å². The summed E-state index contributed by atoms with van der Waals surface area (Å²) in [4.78, 5) is 37.5. The number of nitrogens with zero attached hydrogens (tertiary/aromatic N) is 4. The highest BCUT2D eigenvalue weighted by Gasteiger charge is 2.31. The monoisotopic (exact) mass is 482 g/mol. The van der Waals surface area contributed by atoms with E-state index in [4.69, 9.17) is 4.74 Å². The average molecular weight is 483 g/mol. The van der Waals surface area contributed by atoms with Crippen molar-refractivity contribution in [2.45, 2.75) is 45.1 Å². The summed E-state index contributed by atoms with van der Waals surface area (Å²) in [6.07, 6.45) is 7.68. The second-order valence-corrected chi connectivity index (χ2v) is 10.6. The quantitative estimate of drug-likeness (QED) is 0.374. The van der Waals surface area contributed by atoms with Gasteiger partial charge in [0.25, 0.3) is 11.5 Å². The van der Waals surface area contributed by atoms with Crippen LogP contribution >= 0.6 is 11.3 Å². The second-order valence-electron chi connectivity index (χ2n) is 9.50. The van der Waals surface area contributed by atoms with Gasteiger partial charge in [-0.25, -0.2) is 4.52 Å². The van der Waals surface area contributed by atoms with Crippen LogP contribution in [0.15, 0.2) is 23.3 Å². The van der Waals surface area contributed by atoms with Crippen LogP contribution in [0.1, 0.15) is 48.3 Å². The van der Waals surface area contributed by atoms with Crippen LogP contribution in [0, 0.1) is 0 Å². The van der Waals surface area contributed by atoms with Crippen LogP contribution in [-0.2, 0) is 11.2 Å². The van der Waals surface area contributed by atoms with E-state index in [1.807, 2.05) is 6.20 Å². The van der Waals surface area contributed by atoms with Crippen molar-refractivity contribution < 1.29 is 9.53 Å². The first-order chi connectivity index (χ1) is 16.4. The Morgan fingerprint density at radius 3 is 2.97 bits per heavy atom. The fraction of sp³-hybridized carbons (Fsp3) is 0.500. The molecule has 0 saturated carbocycles. The molecule has 0 bridgehead atoms. The third-order valence-corrected chi connectivity index (χ3v) is 7.88. The lowest BCUT2D eigenvalue weighted by Gasteiger charge is -2.31. The van der Waals surface area contributed by atoms with Gasteiger partial charge in [-0.2, -0.15) is 5.10 Å². The highest BCUT2D eigenvalue weighted by molar-refractivity contribution is 7.18. The normalized spacial score (nSPS) is 16.2. The summed E-state index contributed by atoms with van der Waals surface area (Å²) in [6, 6.07) is 1.68. The molecular weight excluding hydrogens is 452 g/mol. The SMILES string of the molecule is COCCCc1cn2nc3c4ncc(C(=O)NCCN5CCCC5(C)C)cc4[nH]c(=O)c3c2s1. The first-order valence-corrected chi connectivity index (χ1v) is 12.5. The number of H-pyrrole nitrogens is 1. The Morgan fingerprint density at radius 1 is 1.35 bits per heavy atom. The number of hydrogen-bond acceptors (Lipinski definition) is 7. The summed E-state index contributed by atoms with van der Waals surface area (Å²) in [5.74, 6) is -0.195. The zero-order chi connectivity index (χ0) is 23.9. The molecule has 0 aromatic carbocycles. The summed E-state index contributed by atoms with van der Waals surface area (Å²) in [7, 11) is 1.69. The molecule has 1 aliphatic heterocycles. The number of carbonyl (C=O) groups is 1. The van der Waals surface area contributed by atoms with Gasteiger partial charge in [-0.05, 0) is 52.1 Å². The van der Waals surface area contributed by atoms with E-state index in [9.17, 15) is 9.59 Å². The first-order valence-electron chi connectivity index (χ1n) is 11.7. The number of fused-ring (bicyclic) bond motifs is 5. The predicted octanol–water partition coefficient (Wildman–Crippen LogP) is 2.97. The molecule has 0 aliphatic carbocycles. The van der Waals surface area contributed by atoms with Crippen molar-refractivity contribution in [3.63, 3.8) is 0 Å². The summed E-state index contributed by atoms with van der Waals surface area (Å²) < 4.78 is 6.88. The highest BCUT2D eigenvalue weighted by Crippen LogP contribution is 2.29. The summed E-state index contributed by atoms with van der Waals surface area (Å²) in [6.45, 7) is 7.63. The maximum Gasteiger partial charge on any atom is 0.261 e. The fourth-order valence-electron chi connectivity index (χ4n) is 4.81. The number of nitrogens with one attached hydrogen (secondary N) is 2. The molecule has 1 aliphatic rings. The largest absolute Gasteiger partial charge is 0.385 e. The third kappa shape index (κ3) is 4.21. The topological polar surface area (TPSA) is 105 Å². The summed E-state index contributed by atoms with van der Waals surface area (Å²) in [5.41, 5.74) is 2.03. The molecule has 0 spiro atoms. The molecule has 0 unspecified atom stereocenters. The number of methoxy groups -OCH3 is 1. The molecule has 4 aromatic heterocycles. The number of pyridine rings is 2. The number of ether oxygens (including phenoxy) is 1. The van der Waals surface area contributed by atoms with Gasteiger partial charge >= 0.3 is 0 Å². The zero-order valence-corrected chi connectivity index (χ0v) is 20.6. The van der Waals surface area contributed by atoms with Gasteiger partial charge < -0.3 is 15.0 Å². The lowest BCUT2D eigenvalue weighted by molar-refractivity contribution is 0.0940. The minimum absolute atomic E-state index is 0.184. The molecule has 5 rings (SSSR count). The zero-order valence-electron chi connectivity index (χ0n) is 19.8. The van der Waals surface area contributed by atoms with E-state index in [1.165, 1.54) is 12.8 Å². The Morgan fingerprint density at radius 2 is 2.21 bits per heavy atom. The van der Waals surface area contributed by atoms with E-state index in [0.29, 0.717) is 40.7 Å². The number of likely N-dealkylation sites (tertiary alicyclic amines) is 1. The molecule has 2 N–H and O–H groups in total. The standard InChI is InChI=1S/C24H30N6O3S/c1-24(2)7-5-9-29(24)10-8-25-21(31)15-12-17-19(26-13-15)20-18(22(32)27-17)23-30(28-20)14-16(34-23)6-4-11-33-3/h12-14H,4-11H2,1-3H3,(H,25,31)(H,27,32). The number of thiazole rings is 1. The number of aryl methyl sites for hydroxylation is 1. The minimum Gasteiger partial charge on any atom is -0.385 e. The lowest BCUT2D eigenvalue weighted by Crippen LogP contribution is -2.43. The van der Waals surface area contributed by atoms with Crippen molar-refractivity contribution in [3.8, 4) is 0 Å². The Hall–Kier alpha value is -2.82. The molecule has 0 atom stereocenters. The summed E-state index contributed by atoms with van der Waals surface area (Å²) in [5, 5.41) is 8.16. The van der Waals surface area contributed by atoms with Crippen molar-refractivity contribution in [3.05, 3.63) is 39.3 Å². The van der Waals surface area contributed by atoms with Gasteiger partial charge in [0.2, 0.25) is 0 Å². The van der Waals surface area contributed by atoms with Gasteiger partial charge in [0.15, 0.2) is 0 Å². The Kier molecular flexibility index (Phi) is 6.13. The molecule has 5 heterocycles. The van der Waals surface area contributed by atoms with E-state index in [2.05, 4.69) is 39.1 Å². The Bertz CT molecular complexity index is 1420. The minimum atomic E-state index is -0.224. The van der Waals surface area contributed by atoms with E-state index < -0.39 is 0 Å². The molecule has 4 aromatic rings.